The summed E-state index contributed by atoms with van der Waals surface area (Å²) in [5, 5.41) is 13.6. The molecule has 0 bridgehead atoms. The Morgan fingerprint density at radius 3 is 1.45 bits per heavy atom. The van der Waals surface area contributed by atoms with Gasteiger partial charge in [0, 0.05) is 10.9 Å². The van der Waals surface area contributed by atoms with Gasteiger partial charge in [-0.3, -0.25) is 0 Å². The molecule has 0 amide bonds. The van der Waals surface area contributed by atoms with Crippen LogP contribution in [0.15, 0.2) is 224 Å². The van der Waals surface area contributed by atoms with Gasteiger partial charge in [-0.1, -0.05) is 188 Å². The van der Waals surface area contributed by atoms with Crippen molar-refractivity contribution in [1.29, 1.82) is 0 Å². The fourth-order valence-corrected chi connectivity index (χ4v) is 9.53. The molecule has 60 heavy (non-hydrogen) atoms. The second kappa shape index (κ2) is 13.9. The molecule has 0 saturated heterocycles. The molecule has 12 aromatic rings. The minimum atomic E-state index is 0.959. The molecule has 1 heteroatoms. The summed E-state index contributed by atoms with van der Waals surface area (Å²) in [5.74, 6) is 0. The Hall–Kier alpha value is -7.87. The number of rotatable bonds is 5. The van der Waals surface area contributed by atoms with Crippen LogP contribution in [0.5, 0.6) is 0 Å². The monoisotopic (exact) mass is 759 g/mol. The molecule has 0 spiro atoms. The Kier molecular flexibility index (Phi) is 7.92. The van der Waals surface area contributed by atoms with Gasteiger partial charge in [-0.15, -0.1) is 0 Å². The molecular formula is C59H37N. The lowest BCUT2D eigenvalue weighted by Gasteiger charge is -2.19. The highest BCUT2D eigenvalue weighted by atomic mass is 14.7. The van der Waals surface area contributed by atoms with E-state index >= 15 is 0 Å². The van der Waals surface area contributed by atoms with Gasteiger partial charge in [0.05, 0.1) is 11.2 Å². The molecule has 0 aliphatic carbocycles. The number of hydrogen-bond acceptors (Lipinski definition) is 1. The molecular weight excluding hydrogens is 723 g/mol. The van der Waals surface area contributed by atoms with Crippen molar-refractivity contribution in [1.82, 2.24) is 4.98 Å². The van der Waals surface area contributed by atoms with Crippen molar-refractivity contribution in [3.63, 3.8) is 0 Å². The maximum Gasteiger partial charge on any atom is 0.0722 e. The summed E-state index contributed by atoms with van der Waals surface area (Å²) in [4.78, 5) is 5.35. The van der Waals surface area contributed by atoms with Crippen LogP contribution in [0.3, 0.4) is 0 Å². The van der Waals surface area contributed by atoms with E-state index in [1.165, 1.54) is 98.2 Å². The standard InChI is InChI=1S/C59H37N/c1-2-15-40(16-3-1)53-37-56(60-55-32-30-41-17-8-9-22-49(41)59(53)55)46-21-12-20-44(33-46)45-29-31-52-54(36-45)58(48-28-26-39-14-5-7-19-43(39)35-48)51-24-11-10-23-50(51)57(52)47-27-25-38-13-4-6-18-42(38)34-47/h1-37H. The largest absolute Gasteiger partial charge is 0.248 e. The summed E-state index contributed by atoms with van der Waals surface area (Å²) >= 11 is 0. The van der Waals surface area contributed by atoms with E-state index in [2.05, 4.69) is 224 Å². The average Bonchev–Trinajstić information content (AvgIpc) is 3.32. The van der Waals surface area contributed by atoms with E-state index in [0.29, 0.717) is 0 Å². The minimum Gasteiger partial charge on any atom is -0.248 e. The molecule has 0 aliphatic heterocycles. The summed E-state index contributed by atoms with van der Waals surface area (Å²) in [6.07, 6.45) is 0. The van der Waals surface area contributed by atoms with Crippen molar-refractivity contribution >= 4 is 64.8 Å². The van der Waals surface area contributed by atoms with Crippen LogP contribution in [0, 0.1) is 0 Å². The van der Waals surface area contributed by atoms with E-state index in [9.17, 15) is 0 Å². The summed E-state index contributed by atoms with van der Waals surface area (Å²) in [6.45, 7) is 0. The first kappa shape index (κ1) is 34.2. The highest BCUT2D eigenvalue weighted by Crippen LogP contribution is 2.46. The summed E-state index contributed by atoms with van der Waals surface area (Å²) in [6, 6.07) is 82.1. The quantitative estimate of drug-likeness (QED) is 0.126. The molecule has 0 radical (unpaired) electrons. The lowest BCUT2D eigenvalue weighted by Crippen LogP contribution is -1.93. The second-order valence-electron chi connectivity index (χ2n) is 15.9. The zero-order valence-corrected chi connectivity index (χ0v) is 32.8. The highest BCUT2D eigenvalue weighted by molar-refractivity contribution is 6.23. The van der Waals surface area contributed by atoms with E-state index in [-0.39, 0.29) is 0 Å². The molecule has 0 fully saturated rings. The number of hydrogen-bond donors (Lipinski definition) is 0. The SMILES string of the molecule is c1ccc(-c2cc(-c3cccc(-c4ccc5c(-c6ccc7ccccc7c6)c6ccccc6c(-c6ccc7ccccc7c6)c5c4)c3)nc3ccc4ccccc4c23)cc1. The Labute approximate surface area is 348 Å². The Morgan fingerprint density at radius 1 is 0.250 bits per heavy atom. The van der Waals surface area contributed by atoms with E-state index in [1.54, 1.807) is 0 Å². The van der Waals surface area contributed by atoms with Crippen LogP contribution in [0.1, 0.15) is 0 Å². The van der Waals surface area contributed by atoms with Gasteiger partial charge in [0.25, 0.3) is 0 Å². The number of benzene rings is 11. The molecule has 1 aromatic heterocycles. The smallest absolute Gasteiger partial charge is 0.0722 e. The van der Waals surface area contributed by atoms with Crippen molar-refractivity contribution < 1.29 is 0 Å². The lowest BCUT2D eigenvalue weighted by molar-refractivity contribution is 1.40. The lowest BCUT2D eigenvalue weighted by atomic mass is 9.84. The summed E-state index contributed by atoms with van der Waals surface area (Å²) < 4.78 is 0. The summed E-state index contributed by atoms with van der Waals surface area (Å²) in [7, 11) is 0. The first-order valence-corrected chi connectivity index (χ1v) is 20.7. The molecule has 1 nitrogen and oxygen atoms in total. The van der Waals surface area contributed by atoms with Gasteiger partial charge in [0.1, 0.15) is 0 Å². The molecule has 0 N–H and O–H groups in total. The van der Waals surface area contributed by atoms with Crippen LogP contribution in [-0.4, -0.2) is 4.98 Å². The minimum absolute atomic E-state index is 0.959. The van der Waals surface area contributed by atoms with Crippen LogP contribution in [-0.2, 0) is 0 Å². The van der Waals surface area contributed by atoms with Crippen molar-refractivity contribution in [2.45, 2.75) is 0 Å². The normalized spacial score (nSPS) is 11.7. The van der Waals surface area contributed by atoms with Crippen LogP contribution in [0.4, 0.5) is 0 Å². The molecule has 278 valence electrons. The molecule has 0 saturated carbocycles. The number of nitrogens with zero attached hydrogens (tertiary/aromatic N) is 1. The van der Waals surface area contributed by atoms with Crippen molar-refractivity contribution in [3.8, 4) is 55.8 Å². The molecule has 1 heterocycles. The summed E-state index contributed by atoms with van der Waals surface area (Å²) in [5.41, 5.74) is 12.7. The molecule has 0 atom stereocenters. The van der Waals surface area contributed by atoms with E-state index in [1.807, 2.05) is 0 Å². The Balaban J connectivity index is 1.09. The molecule has 11 aromatic carbocycles. The Bertz CT molecular complexity index is 3650. The zero-order chi connectivity index (χ0) is 39.6. The van der Waals surface area contributed by atoms with Gasteiger partial charge in [-0.2, -0.15) is 0 Å². The maximum absolute atomic E-state index is 5.35. The third-order valence-electron chi connectivity index (χ3n) is 12.4. The zero-order valence-electron chi connectivity index (χ0n) is 32.8. The maximum atomic E-state index is 5.35. The van der Waals surface area contributed by atoms with Gasteiger partial charge >= 0.3 is 0 Å². The first-order valence-electron chi connectivity index (χ1n) is 20.7. The van der Waals surface area contributed by atoms with E-state index in [4.69, 9.17) is 4.98 Å². The number of fused-ring (bicyclic) bond motifs is 7. The molecule has 12 rings (SSSR count). The van der Waals surface area contributed by atoms with E-state index < -0.39 is 0 Å². The van der Waals surface area contributed by atoms with Crippen LogP contribution in [0.25, 0.3) is 121 Å². The van der Waals surface area contributed by atoms with Gasteiger partial charge in [0.15, 0.2) is 0 Å². The third kappa shape index (κ3) is 5.67. The van der Waals surface area contributed by atoms with Crippen LogP contribution >= 0.6 is 0 Å². The van der Waals surface area contributed by atoms with Crippen molar-refractivity contribution in [2.24, 2.45) is 0 Å². The van der Waals surface area contributed by atoms with Gasteiger partial charge in [0.2, 0.25) is 0 Å². The second-order valence-corrected chi connectivity index (χ2v) is 15.9. The Morgan fingerprint density at radius 2 is 0.750 bits per heavy atom. The first-order chi connectivity index (χ1) is 29.7. The third-order valence-corrected chi connectivity index (χ3v) is 12.4. The fourth-order valence-electron chi connectivity index (χ4n) is 9.53. The predicted octanol–water partition coefficient (Wildman–Crippen LogP) is 16.3. The van der Waals surface area contributed by atoms with Gasteiger partial charge in [-0.05, 0) is 135 Å². The predicted molar refractivity (Wildman–Crippen MR) is 256 cm³/mol. The average molecular weight is 760 g/mol. The fraction of sp³-hybridized carbons (Fsp3) is 0. The van der Waals surface area contributed by atoms with E-state index in [0.717, 1.165) is 22.3 Å². The topological polar surface area (TPSA) is 12.9 Å². The van der Waals surface area contributed by atoms with Gasteiger partial charge in [-0.25, -0.2) is 4.98 Å². The molecule has 0 aliphatic rings. The van der Waals surface area contributed by atoms with Crippen LogP contribution in [0.2, 0.25) is 0 Å². The van der Waals surface area contributed by atoms with Crippen molar-refractivity contribution in [2.75, 3.05) is 0 Å². The molecule has 0 unspecified atom stereocenters. The highest BCUT2D eigenvalue weighted by Gasteiger charge is 2.19. The number of pyridine rings is 1. The van der Waals surface area contributed by atoms with Crippen LogP contribution < -0.4 is 0 Å². The number of aromatic nitrogens is 1. The van der Waals surface area contributed by atoms with Crippen molar-refractivity contribution in [3.05, 3.63) is 224 Å². The van der Waals surface area contributed by atoms with Gasteiger partial charge < -0.3 is 0 Å².